The number of nitrogens with one attached hydrogen (secondary N) is 1. The largest absolute Gasteiger partial charge is 0.488 e. The summed E-state index contributed by atoms with van der Waals surface area (Å²) in [5, 5.41) is 15.6. The Hall–Kier alpha value is -2.90. The van der Waals surface area contributed by atoms with Crippen LogP contribution >= 0.6 is 27.5 Å². The van der Waals surface area contributed by atoms with Crippen molar-refractivity contribution >= 4 is 39.4 Å². The number of nitro groups is 1. The molecule has 0 aliphatic rings. The minimum absolute atomic E-state index is 0.0571. The van der Waals surface area contributed by atoms with Crippen molar-refractivity contribution in [2.24, 2.45) is 5.10 Å². The van der Waals surface area contributed by atoms with Gasteiger partial charge in [-0.3, -0.25) is 10.1 Å². The molecule has 3 rings (SSSR count). The topological polar surface area (TPSA) is 76.8 Å². The van der Waals surface area contributed by atoms with Crippen molar-refractivity contribution in [1.29, 1.82) is 0 Å². The number of rotatable bonds is 8. The Kier molecular flexibility index (Phi) is 7.21. The fourth-order valence-corrected chi connectivity index (χ4v) is 3.20. The summed E-state index contributed by atoms with van der Waals surface area (Å²) in [7, 11) is 0. The van der Waals surface area contributed by atoms with Crippen molar-refractivity contribution < 1.29 is 9.66 Å². The van der Waals surface area contributed by atoms with E-state index in [0.717, 1.165) is 21.2 Å². The number of benzene rings is 3. The van der Waals surface area contributed by atoms with Crippen LogP contribution in [0.25, 0.3) is 0 Å². The number of hydrogen-bond donors (Lipinski definition) is 1. The number of hydrogen-bond acceptors (Lipinski definition) is 5. The number of hydrazone groups is 1. The highest BCUT2D eigenvalue weighted by Crippen LogP contribution is 2.26. The molecule has 0 saturated heterocycles. The Labute approximate surface area is 181 Å². The molecule has 3 aromatic carbocycles. The van der Waals surface area contributed by atoms with Gasteiger partial charge in [-0.15, -0.1) is 0 Å². The first-order chi connectivity index (χ1) is 14.0. The predicted molar refractivity (Wildman–Crippen MR) is 117 cm³/mol. The molecule has 3 aromatic rings. The van der Waals surface area contributed by atoms with E-state index in [2.05, 4.69) is 26.5 Å². The van der Waals surface area contributed by atoms with Crippen LogP contribution in [-0.2, 0) is 13.2 Å². The predicted octanol–water partition coefficient (Wildman–Crippen LogP) is 5.71. The monoisotopic (exact) mass is 473 g/mol. The molecule has 0 fully saturated rings. The van der Waals surface area contributed by atoms with E-state index < -0.39 is 4.92 Å². The van der Waals surface area contributed by atoms with Gasteiger partial charge in [0.15, 0.2) is 0 Å². The van der Waals surface area contributed by atoms with Gasteiger partial charge < -0.3 is 10.2 Å². The average Bonchev–Trinajstić information content (AvgIpc) is 2.72. The van der Waals surface area contributed by atoms with Crippen LogP contribution in [0, 0.1) is 10.1 Å². The fraction of sp³-hybridized carbons (Fsp3) is 0.0952. The van der Waals surface area contributed by atoms with Gasteiger partial charge in [0.25, 0.3) is 5.69 Å². The maximum absolute atomic E-state index is 10.7. The van der Waals surface area contributed by atoms with Gasteiger partial charge in [-0.25, -0.2) is 0 Å². The number of halogens is 2. The van der Waals surface area contributed by atoms with Crippen molar-refractivity contribution in [3.8, 4) is 5.75 Å². The summed E-state index contributed by atoms with van der Waals surface area (Å²) >= 11 is 9.60. The first kappa shape index (κ1) is 20.8. The molecule has 1 N–H and O–H groups in total. The second-order valence-electron chi connectivity index (χ2n) is 6.09. The van der Waals surface area contributed by atoms with Crippen molar-refractivity contribution in [3.63, 3.8) is 0 Å². The summed E-state index contributed by atoms with van der Waals surface area (Å²) in [6.45, 7) is 0.844. The highest BCUT2D eigenvalue weighted by Gasteiger charge is 2.06. The first-order valence-corrected chi connectivity index (χ1v) is 9.85. The molecule has 148 valence electrons. The molecule has 6 nitrogen and oxygen atoms in total. The number of nitro benzene ring substituents is 1. The smallest absolute Gasteiger partial charge is 0.269 e. The Morgan fingerprint density at radius 1 is 1.14 bits per heavy atom. The van der Waals surface area contributed by atoms with Crippen molar-refractivity contribution in [2.45, 2.75) is 13.2 Å². The molecular weight excluding hydrogens is 458 g/mol. The summed E-state index contributed by atoms with van der Waals surface area (Å²) in [5.41, 5.74) is 5.75. The van der Waals surface area contributed by atoms with E-state index in [4.69, 9.17) is 16.3 Å². The van der Waals surface area contributed by atoms with Gasteiger partial charge in [-0.1, -0.05) is 29.8 Å². The third-order valence-corrected chi connectivity index (χ3v) is 5.02. The first-order valence-electron chi connectivity index (χ1n) is 8.68. The molecule has 0 atom stereocenters. The van der Waals surface area contributed by atoms with E-state index in [-0.39, 0.29) is 5.69 Å². The van der Waals surface area contributed by atoms with E-state index >= 15 is 0 Å². The lowest BCUT2D eigenvalue weighted by Crippen LogP contribution is -2.06. The molecule has 0 radical (unpaired) electrons. The van der Waals surface area contributed by atoms with Crippen LogP contribution in [-0.4, -0.2) is 11.1 Å². The number of non-ortho nitro benzene ring substituents is 1. The summed E-state index contributed by atoms with van der Waals surface area (Å²) in [4.78, 5) is 10.3. The summed E-state index contributed by atoms with van der Waals surface area (Å²) in [6, 6.07) is 19.5. The molecule has 0 heterocycles. The van der Waals surface area contributed by atoms with Crippen LogP contribution in [0.4, 0.5) is 5.69 Å². The van der Waals surface area contributed by atoms with E-state index in [1.54, 1.807) is 18.3 Å². The molecule has 0 spiro atoms. The fourth-order valence-electron chi connectivity index (χ4n) is 2.48. The van der Waals surface area contributed by atoms with Gasteiger partial charge in [0.05, 0.1) is 22.2 Å². The Balaban J connectivity index is 1.54. The summed E-state index contributed by atoms with van der Waals surface area (Å²) in [5.74, 6) is 0.671. The molecule has 0 aliphatic heterocycles. The van der Waals surface area contributed by atoms with Gasteiger partial charge in [0, 0.05) is 17.2 Å². The SMILES string of the molecule is O=[N+]([O-])c1ccc(COc2ccc(/C=N\NCc3ccccc3Cl)cc2Br)cc1. The Morgan fingerprint density at radius 2 is 1.90 bits per heavy atom. The molecule has 0 unspecified atom stereocenters. The molecular formula is C21H17BrClN3O3. The van der Waals surface area contributed by atoms with Gasteiger partial charge in [-0.05, 0) is 69.0 Å². The average molecular weight is 475 g/mol. The lowest BCUT2D eigenvalue weighted by atomic mass is 10.2. The minimum Gasteiger partial charge on any atom is -0.488 e. The van der Waals surface area contributed by atoms with E-state index in [0.29, 0.717) is 23.9 Å². The molecule has 0 saturated carbocycles. The maximum atomic E-state index is 10.7. The van der Waals surface area contributed by atoms with Crippen LogP contribution < -0.4 is 10.2 Å². The second kappa shape index (κ2) is 10.0. The lowest BCUT2D eigenvalue weighted by molar-refractivity contribution is -0.384. The Morgan fingerprint density at radius 3 is 2.59 bits per heavy atom. The standard InChI is InChI=1S/C21H17BrClN3O3/c22-19-11-16(12-24-25-13-17-3-1-2-4-20(17)23)7-10-21(19)29-14-15-5-8-18(9-6-15)26(27)28/h1-12,25H,13-14H2/b24-12-. The normalized spacial score (nSPS) is 10.8. The molecule has 29 heavy (non-hydrogen) atoms. The minimum atomic E-state index is -0.426. The third kappa shape index (κ3) is 6.04. The van der Waals surface area contributed by atoms with Crippen LogP contribution in [0.2, 0.25) is 5.02 Å². The van der Waals surface area contributed by atoms with Crippen LogP contribution in [0.1, 0.15) is 16.7 Å². The Bertz CT molecular complexity index is 1030. The molecule has 0 bridgehead atoms. The second-order valence-corrected chi connectivity index (χ2v) is 7.35. The molecule has 0 amide bonds. The number of ether oxygens (including phenoxy) is 1. The zero-order valence-electron chi connectivity index (χ0n) is 15.2. The highest BCUT2D eigenvalue weighted by atomic mass is 79.9. The zero-order valence-corrected chi connectivity index (χ0v) is 17.6. The quantitative estimate of drug-likeness (QED) is 0.258. The van der Waals surface area contributed by atoms with Crippen molar-refractivity contribution in [3.05, 3.63) is 103 Å². The van der Waals surface area contributed by atoms with E-state index in [1.807, 2.05) is 42.5 Å². The van der Waals surface area contributed by atoms with Gasteiger partial charge in [-0.2, -0.15) is 5.10 Å². The van der Waals surface area contributed by atoms with Crippen LogP contribution in [0.15, 0.2) is 76.3 Å². The molecule has 8 heteroatoms. The third-order valence-electron chi connectivity index (χ3n) is 4.03. The van der Waals surface area contributed by atoms with Crippen molar-refractivity contribution in [2.75, 3.05) is 0 Å². The lowest BCUT2D eigenvalue weighted by Gasteiger charge is -2.09. The van der Waals surface area contributed by atoms with Gasteiger partial charge >= 0.3 is 0 Å². The summed E-state index contributed by atoms with van der Waals surface area (Å²) < 4.78 is 6.57. The van der Waals surface area contributed by atoms with Crippen LogP contribution in [0.3, 0.4) is 0 Å². The highest BCUT2D eigenvalue weighted by molar-refractivity contribution is 9.10. The van der Waals surface area contributed by atoms with E-state index in [9.17, 15) is 10.1 Å². The van der Waals surface area contributed by atoms with Crippen LogP contribution in [0.5, 0.6) is 5.75 Å². The zero-order chi connectivity index (χ0) is 20.6. The summed E-state index contributed by atoms with van der Waals surface area (Å²) in [6.07, 6.45) is 1.71. The molecule has 0 aromatic heterocycles. The molecule has 0 aliphatic carbocycles. The van der Waals surface area contributed by atoms with Gasteiger partial charge in [0.2, 0.25) is 0 Å². The van der Waals surface area contributed by atoms with Gasteiger partial charge in [0.1, 0.15) is 12.4 Å². The maximum Gasteiger partial charge on any atom is 0.269 e. The van der Waals surface area contributed by atoms with Crippen molar-refractivity contribution in [1.82, 2.24) is 5.43 Å². The van der Waals surface area contributed by atoms with E-state index in [1.165, 1.54) is 12.1 Å². The number of nitrogens with zero attached hydrogens (tertiary/aromatic N) is 2.